The smallest absolute Gasteiger partial charge is 0.307 e. The van der Waals surface area contributed by atoms with E-state index in [0.717, 1.165) is 11.1 Å². The quantitative estimate of drug-likeness (QED) is 0.764. The highest BCUT2D eigenvalue weighted by molar-refractivity contribution is 6.30. The Labute approximate surface area is 123 Å². The molecule has 0 amide bonds. The van der Waals surface area contributed by atoms with E-state index in [-0.39, 0.29) is 18.0 Å². The van der Waals surface area contributed by atoms with E-state index >= 15 is 0 Å². The highest BCUT2D eigenvalue weighted by Crippen LogP contribution is 2.42. The second kappa shape index (κ2) is 5.29. The topological polar surface area (TPSA) is 26.3 Å². The van der Waals surface area contributed by atoms with Gasteiger partial charge in [-0.2, -0.15) is 0 Å². The zero-order chi connectivity index (χ0) is 14.1. The van der Waals surface area contributed by atoms with Crippen molar-refractivity contribution in [3.8, 4) is 0 Å². The van der Waals surface area contributed by atoms with Crippen LogP contribution in [0.2, 0.25) is 5.02 Å². The van der Waals surface area contributed by atoms with Gasteiger partial charge in [0.15, 0.2) is 0 Å². The summed E-state index contributed by atoms with van der Waals surface area (Å²) in [4.78, 5) is 11.7. The molecule has 1 fully saturated rings. The van der Waals surface area contributed by atoms with E-state index in [9.17, 15) is 4.79 Å². The molecule has 0 unspecified atom stereocenters. The van der Waals surface area contributed by atoms with Gasteiger partial charge >= 0.3 is 5.97 Å². The number of ether oxygens (including phenoxy) is 1. The minimum absolute atomic E-state index is 0.0578. The summed E-state index contributed by atoms with van der Waals surface area (Å²) in [6.45, 7) is 2.04. The molecule has 0 aromatic heterocycles. The van der Waals surface area contributed by atoms with Crippen LogP contribution in [0.3, 0.4) is 0 Å². The minimum atomic E-state index is -0.204. The first-order valence-corrected chi connectivity index (χ1v) is 7.03. The molecule has 102 valence electrons. The van der Waals surface area contributed by atoms with Crippen LogP contribution < -0.4 is 0 Å². The lowest BCUT2D eigenvalue weighted by Crippen LogP contribution is -2.06. The third-order valence-corrected chi connectivity index (χ3v) is 3.97. The first-order valence-electron chi connectivity index (χ1n) is 6.65. The van der Waals surface area contributed by atoms with Gasteiger partial charge < -0.3 is 4.74 Å². The zero-order valence-corrected chi connectivity index (χ0v) is 11.9. The Kier molecular flexibility index (Phi) is 3.49. The molecule has 3 rings (SSSR count). The van der Waals surface area contributed by atoms with Gasteiger partial charge in [-0.1, -0.05) is 53.6 Å². The van der Waals surface area contributed by atoms with E-state index in [2.05, 4.69) is 0 Å². The maximum Gasteiger partial charge on any atom is 0.307 e. The lowest BCUT2D eigenvalue weighted by atomic mass is 9.88. The van der Waals surface area contributed by atoms with Crippen molar-refractivity contribution < 1.29 is 9.53 Å². The predicted molar refractivity (Wildman–Crippen MR) is 78.8 cm³/mol. The van der Waals surface area contributed by atoms with Gasteiger partial charge in [0.2, 0.25) is 0 Å². The van der Waals surface area contributed by atoms with Crippen LogP contribution in [0.5, 0.6) is 0 Å². The average Bonchev–Trinajstić information content (AvgIpc) is 2.82. The normalized spacial score (nSPS) is 21.8. The van der Waals surface area contributed by atoms with Crippen LogP contribution in [0.4, 0.5) is 0 Å². The molecule has 0 spiro atoms. The fourth-order valence-corrected chi connectivity index (χ4v) is 2.74. The van der Waals surface area contributed by atoms with Gasteiger partial charge in [0.25, 0.3) is 0 Å². The molecule has 0 saturated carbocycles. The molecular weight excluding hydrogens is 272 g/mol. The van der Waals surface area contributed by atoms with E-state index in [4.69, 9.17) is 16.3 Å². The van der Waals surface area contributed by atoms with Gasteiger partial charge in [-0.15, -0.1) is 0 Å². The molecule has 2 aromatic rings. The van der Waals surface area contributed by atoms with Crippen molar-refractivity contribution in [3.05, 3.63) is 70.2 Å². The molecule has 2 aromatic carbocycles. The fourth-order valence-electron chi connectivity index (χ4n) is 2.62. The summed E-state index contributed by atoms with van der Waals surface area (Å²) >= 11 is 5.92. The molecule has 0 radical (unpaired) electrons. The van der Waals surface area contributed by atoms with Crippen LogP contribution in [0.1, 0.15) is 35.1 Å². The Morgan fingerprint density at radius 3 is 2.25 bits per heavy atom. The number of hydrogen-bond donors (Lipinski definition) is 0. The van der Waals surface area contributed by atoms with Crippen molar-refractivity contribution in [3.63, 3.8) is 0 Å². The third kappa shape index (κ3) is 2.56. The lowest BCUT2D eigenvalue weighted by molar-refractivity contribution is -0.141. The van der Waals surface area contributed by atoms with E-state index in [1.807, 2.05) is 55.5 Å². The molecule has 1 saturated heterocycles. The molecule has 0 N–H and O–H groups in total. The van der Waals surface area contributed by atoms with Gasteiger partial charge in [0.1, 0.15) is 6.10 Å². The Bertz CT molecular complexity index is 561. The number of rotatable bonds is 2. The van der Waals surface area contributed by atoms with Crippen molar-refractivity contribution in [2.75, 3.05) is 0 Å². The van der Waals surface area contributed by atoms with Crippen LogP contribution in [0, 0.1) is 6.92 Å². The summed E-state index contributed by atoms with van der Waals surface area (Å²) in [7, 11) is 0. The van der Waals surface area contributed by atoms with Crippen LogP contribution in [0.25, 0.3) is 0 Å². The first kappa shape index (κ1) is 13.2. The molecular formula is C17H15ClO2. The molecule has 1 heterocycles. The van der Waals surface area contributed by atoms with Crippen molar-refractivity contribution in [1.82, 2.24) is 0 Å². The second-order valence-corrected chi connectivity index (χ2v) is 5.62. The lowest BCUT2D eigenvalue weighted by Gasteiger charge is -2.18. The molecule has 0 bridgehead atoms. The summed E-state index contributed by atoms with van der Waals surface area (Å²) in [6.07, 6.45) is 0.212. The van der Waals surface area contributed by atoms with Crippen molar-refractivity contribution in [1.29, 1.82) is 0 Å². The first-order chi connectivity index (χ1) is 9.63. The standard InChI is InChI=1S/C17H15ClO2/c1-11-2-4-13(5-3-11)17-15(10-16(19)20-17)12-6-8-14(18)9-7-12/h2-9,15,17H,10H2,1H3/t15-,17-/m0/s1. The van der Waals surface area contributed by atoms with Crippen molar-refractivity contribution in [2.24, 2.45) is 0 Å². The summed E-state index contributed by atoms with van der Waals surface area (Å²) < 4.78 is 5.51. The number of aryl methyl sites for hydroxylation is 1. The number of carbonyl (C=O) groups excluding carboxylic acids is 1. The summed E-state index contributed by atoms with van der Waals surface area (Å²) in [6, 6.07) is 15.8. The van der Waals surface area contributed by atoms with Gasteiger partial charge in [0.05, 0.1) is 6.42 Å². The Balaban J connectivity index is 1.94. The number of cyclic esters (lactones) is 1. The van der Waals surface area contributed by atoms with E-state index < -0.39 is 0 Å². The molecule has 1 aliphatic rings. The molecule has 1 aliphatic heterocycles. The monoisotopic (exact) mass is 286 g/mol. The maximum absolute atomic E-state index is 11.7. The van der Waals surface area contributed by atoms with Gasteiger partial charge in [-0.25, -0.2) is 0 Å². The largest absolute Gasteiger partial charge is 0.457 e. The van der Waals surface area contributed by atoms with Gasteiger partial charge in [0, 0.05) is 10.9 Å². The predicted octanol–water partition coefficient (Wildman–Crippen LogP) is 4.42. The van der Waals surface area contributed by atoms with Crippen LogP contribution in [0.15, 0.2) is 48.5 Å². The van der Waals surface area contributed by atoms with Crippen molar-refractivity contribution in [2.45, 2.75) is 25.4 Å². The second-order valence-electron chi connectivity index (χ2n) is 5.18. The summed E-state index contributed by atoms with van der Waals surface area (Å²) in [5.74, 6) is -0.0852. The van der Waals surface area contributed by atoms with Gasteiger partial charge in [-0.3, -0.25) is 4.79 Å². The molecule has 2 atom stereocenters. The average molecular weight is 287 g/mol. The van der Waals surface area contributed by atoms with Gasteiger partial charge in [-0.05, 0) is 30.2 Å². The van der Waals surface area contributed by atoms with E-state index in [1.54, 1.807) is 0 Å². The maximum atomic E-state index is 11.7. The summed E-state index contributed by atoms with van der Waals surface area (Å²) in [5, 5.41) is 0.700. The molecule has 0 aliphatic carbocycles. The molecule has 2 nitrogen and oxygen atoms in total. The Hall–Kier alpha value is -1.80. The van der Waals surface area contributed by atoms with E-state index in [0.29, 0.717) is 11.4 Å². The zero-order valence-electron chi connectivity index (χ0n) is 11.2. The molecule has 20 heavy (non-hydrogen) atoms. The van der Waals surface area contributed by atoms with Crippen LogP contribution in [-0.4, -0.2) is 5.97 Å². The van der Waals surface area contributed by atoms with Crippen LogP contribution in [-0.2, 0) is 9.53 Å². The fraction of sp³-hybridized carbons (Fsp3) is 0.235. The highest BCUT2D eigenvalue weighted by Gasteiger charge is 2.36. The minimum Gasteiger partial charge on any atom is -0.457 e. The highest BCUT2D eigenvalue weighted by atomic mass is 35.5. The Morgan fingerprint density at radius 2 is 1.60 bits per heavy atom. The Morgan fingerprint density at radius 1 is 1.00 bits per heavy atom. The van der Waals surface area contributed by atoms with E-state index in [1.165, 1.54) is 5.56 Å². The van der Waals surface area contributed by atoms with Crippen molar-refractivity contribution >= 4 is 17.6 Å². The van der Waals surface area contributed by atoms with Crippen LogP contribution >= 0.6 is 11.6 Å². The number of benzene rings is 2. The molecule has 3 heteroatoms. The number of hydrogen-bond acceptors (Lipinski definition) is 2. The SMILES string of the molecule is Cc1ccc([C@@H]2OC(=O)C[C@H]2c2ccc(Cl)cc2)cc1. The number of halogens is 1. The summed E-state index contributed by atoms with van der Waals surface area (Å²) in [5.41, 5.74) is 3.33. The number of carbonyl (C=O) groups is 1. The third-order valence-electron chi connectivity index (χ3n) is 3.71. The number of esters is 1.